The van der Waals surface area contributed by atoms with Crippen LogP contribution in [0.2, 0.25) is 0 Å². The van der Waals surface area contributed by atoms with Gasteiger partial charge < -0.3 is 11.5 Å². The molecule has 0 aliphatic heterocycles. The van der Waals surface area contributed by atoms with Crippen LogP contribution in [0.5, 0.6) is 0 Å². The van der Waals surface area contributed by atoms with Gasteiger partial charge in [0.05, 0.1) is 11.4 Å². The van der Waals surface area contributed by atoms with E-state index in [0.29, 0.717) is 0 Å². The molecular formula is C8H12N4O4. The fraction of sp³-hybridized carbons (Fsp3) is 0.500. The molecule has 8 nitrogen and oxygen atoms in total. The monoisotopic (exact) mass is 228 g/mol. The second-order valence-electron chi connectivity index (χ2n) is 4.01. The third kappa shape index (κ3) is 1.30. The zero-order valence-corrected chi connectivity index (χ0v) is 8.84. The number of nitrogens with zero attached hydrogens (tertiary/aromatic N) is 2. The minimum atomic E-state index is -1.91. The van der Waals surface area contributed by atoms with E-state index < -0.39 is 20.9 Å². The third-order valence-electron chi connectivity index (χ3n) is 2.99. The Balaban J connectivity index is 3.48. The first-order valence-electron chi connectivity index (χ1n) is 4.41. The van der Waals surface area contributed by atoms with Gasteiger partial charge in [0, 0.05) is 35.8 Å². The Labute approximate surface area is 90.9 Å². The number of nitro groups is 2. The molecule has 0 aromatic heterocycles. The molecule has 1 aliphatic rings. The maximum atomic E-state index is 11.0. The molecule has 2 atom stereocenters. The van der Waals surface area contributed by atoms with Gasteiger partial charge in [0.1, 0.15) is 0 Å². The van der Waals surface area contributed by atoms with Crippen LogP contribution in [0.4, 0.5) is 0 Å². The molecule has 0 bridgehead atoms. The van der Waals surface area contributed by atoms with Gasteiger partial charge in [-0.25, -0.2) is 0 Å². The molecule has 4 N–H and O–H groups in total. The average molecular weight is 228 g/mol. The van der Waals surface area contributed by atoms with E-state index in [1.807, 2.05) is 0 Å². The van der Waals surface area contributed by atoms with Crippen LogP contribution in [-0.2, 0) is 0 Å². The van der Waals surface area contributed by atoms with Crippen LogP contribution < -0.4 is 11.5 Å². The van der Waals surface area contributed by atoms with Gasteiger partial charge in [-0.3, -0.25) is 20.2 Å². The van der Waals surface area contributed by atoms with Gasteiger partial charge in [-0.05, 0) is 0 Å². The van der Waals surface area contributed by atoms with E-state index in [1.54, 1.807) is 0 Å². The van der Waals surface area contributed by atoms with Gasteiger partial charge in [0.15, 0.2) is 0 Å². The first-order valence-corrected chi connectivity index (χ1v) is 4.41. The average Bonchev–Trinajstić information content (AvgIpc) is 2.14. The minimum absolute atomic E-state index is 0.0153. The smallest absolute Gasteiger partial charge is 0.311 e. The summed E-state index contributed by atoms with van der Waals surface area (Å²) in [4.78, 5) is 20.5. The Morgan fingerprint density at radius 3 is 1.44 bits per heavy atom. The molecule has 1 aliphatic carbocycles. The van der Waals surface area contributed by atoms with Crippen molar-refractivity contribution in [2.75, 3.05) is 0 Å². The summed E-state index contributed by atoms with van der Waals surface area (Å²) in [6.07, 6.45) is 2.04. The zero-order chi connectivity index (χ0) is 12.7. The number of rotatable bonds is 2. The molecule has 0 amide bonds. The van der Waals surface area contributed by atoms with Crippen LogP contribution in [0.1, 0.15) is 13.8 Å². The molecule has 16 heavy (non-hydrogen) atoms. The van der Waals surface area contributed by atoms with E-state index in [-0.39, 0.29) is 11.4 Å². The van der Waals surface area contributed by atoms with E-state index in [2.05, 4.69) is 0 Å². The van der Waals surface area contributed by atoms with Crippen molar-refractivity contribution in [1.82, 2.24) is 0 Å². The quantitative estimate of drug-likeness (QED) is 0.493. The first kappa shape index (κ1) is 12.0. The summed E-state index contributed by atoms with van der Waals surface area (Å²) in [5.41, 5.74) is 7.05. The third-order valence-corrected chi connectivity index (χ3v) is 2.99. The molecule has 2 unspecified atom stereocenters. The SMILES string of the molecule is CC1([N+](=O)[O-])C=C(N)C(N)=CC1(C)[N+](=O)[O-]. The highest BCUT2D eigenvalue weighted by atomic mass is 16.6. The molecule has 0 aromatic carbocycles. The van der Waals surface area contributed by atoms with Crippen molar-refractivity contribution in [3.8, 4) is 0 Å². The highest BCUT2D eigenvalue weighted by Gasteiger charge is 2.64. The summed E-state index contributed by atoms with van der Waals surface area (Å²) >= 11 is 0. The lowest BCUT2D eigenvalue weighted by molar-refractivity contribution is -0.659. The second-order valence-corrected chi connectivity index (χ2v) is 4.01. The van der Waals surface area contributed by atoms with Crippen molar-refractivity contribution in [3.63, 3.8) is 0 Å². The number of hydrogen-bond donors (Lipinski definition) is 2. The molecule has 0 radical (unpaired) electrons. The molecule has 88 valence electrons. The molecule has 0 saturated heterocycles. The van der Waals surface area contributed by atoms with Crippen molar-refractivity contribution in [3.05, 3.63) is 43.8 Å². The zero-order valence-electron chi connectivity index (χ0n) is 8.84. The van der Waals surface area contributed by atoms with E-state index in [4.69, 9.17) is 11.5 Å². The van der Waals surface area contributed by atoms with Crippen molar-refractivity contribution in [1.29, 1.82) is 0 Å². The van der Waals surface area contributed by atoms with Crippen LogP contribution in [0.3, 0.4) is 0 Å². The largest absolute Gasteiger partial charge is 0.397 e. The Bertz CT molecular complexity index is 390. The Hall–Kier alpha value is -2.12. The van der Waals surface area contributed by atoms with Crippen LogP contribution in [0.25, 0.3) is 0 Å². The molecule has 8 heteroatoms. The fourth-order valence-electron chi connectivity index (χ4n) is 1.54. The predicted octanol–water partition coefficient (Wildman–Crippen LogP) is -0.244. The Morgan fingerprint density at radius 2 is 1.25 bits per heavy atom. The van der Waals surface area contributed by atoms with Crippen molar-refractivity contribution < 1.29 is 9.85 Å². The van der Waals surface area contributed by atoms with Gasteiger partial charge in [-0.1, -0.05) is 0 Å². The van der Waals surface area contributed by atoms with Crippen LogP contribution in [0, 0.1) is 20.2 Å². The maximum Gasteiger partial charge on any atom is 0.311 e. The lowest BCUT2D eigenvalue weighted by atomic mass is 9.75. The molecule has 0 saturated carbocycles. The van der Waals surface area contributed by atoms with Crippen LogP contribution in [-0.4, -0.2) is 20.9 Å². The van der Waals surface area contributed by atoms with E-state index in [9.17, 15) is 20.2 Å². The van der Waals surface area contributed by atoms with Gasteiger partial charge in [-0.2, -0.15) is 0 Å². The predicted molar refractivity (Wildman–Crippen MR) is 55.3 cm³/mol. The number of nitrogens with two attached hydrogens (primary N) is 2. The van der Waals surface area contributed by atoms with E-state index in [0.717, 1.165) is 26.0 Å². The number of hydrogen-bond acceptors (Lipinski definition) is 6. The molecule has 0 fully saturated rings. The summed E-state index contributed by atoms with van der Waals surface area (Å²) in [5, 5.41) is 22.0. The molecule has 0 spiro atoms. The van der Waals surface area contributed by atoms with Crippen LogP contribution in [0.15, 0.2) is 23.5 Å². The highest BCUT2D eigenvalue weighted by molar-refractivity contribution is 5.38. The van der Waals surface area contributed by atoms with Crippen molar-refractivity contribution in [2.24, 2.45) is 11.5 Å². The standard InChI is InChI=1S/C8H12N4O4/c1-7(11(13)14)3-5(9)6(10)4-8(7,2)12(15)16/h3-4H,9-10H2,1-2H3. The van der Waals surface area contributed by atoms with Crippen molar-refractivity contribution in [2.45, 2.75) is 24.9 Å². The van der Waals surface area contributed by atoms with Gasteiger partial charge >= 0.3 is 11.1 Å². The summed E-state index contributed by atoms with van der Waals surface area (Å²) < 4.78 is 0. The Kier molecular flexibility index (Phi) is 2.38. The molecular weight excluding hydrogens is 216 g/mol. The Morgan fingerprint density at radius 1 is 1.00 bits per heavy atom. The minimum Gasteiger partial charge on any atom is -0.397 e. The van der Waals surface area contributed by atoms with Gasteiger partial charge in [0.25, 0.3) is 0 Å². The maximum absolute atomic E-state index is 11.0. The van der Waals surface area contributed by atoms with E-state index in [1.165, 1.54) is 0 Å². The topological polar surface area (TPSA) is 138 Å². The first-order chi connectivity index (χ1) is 7.15. The van der Waals surface area contributed by atoms with Crippen LogP contribution >= 0.6 is 0 Å². The fourth-order valence-corrected chi connectivity index (χ4v) is 1.54. The highest BCUT2D eigenvalue weighted by Crippen LogP contribution is 2.36. The van der Waals surface area contributed by atoms with E-state index >= 15 is 0 Å². The lowest BCUT2D eigenvalue weighted by Gasteiger charge is -2.31. The molecule has 0 aromatic rings. The normalized spacial score (nSPS) is 33.9. The summed E-state index contributed by atoms with van der Waals surface area (Å²) in [7, 11) is 0. The molecule has 0 heterocycles. The molecule has 1 rings (SSSR count). The summed E-state index contributed by atoms with van der Waals surface area (Å²) in [5.74, 6) is 0. The summed E-state index contributed by atoms with van der Waals surface area (Å²) in [6, 6.07) is 0. The van der Waals surface area contributed by atoms with Crippen molar-refractivity contribution >= 4 is 0 Å². The van der Waals surface area contributed by atoms with Gasteiger partial charge in [-0.15, -0.1) is 0 Å². The summed E-state index contributed by atoms with van der Waals surface area (Å²) in [6.45, 7) is 2.29. The second kappa shape index (κ2) is 3.19. The lowest BCUT2D eigenvalue weighted by Crippen LogP contribution is -2.60. The van der Waals surface area contributed by atoms with Gasteiger partial charge in [0.2, 0.25) is 0 Å².